The standard InChI is InChI=1S/C18H18F3NOS/c1-12-7-13(2)9-14(8-12)10-24-11-17(23)22-16-5-3-15(4-6-16)18(19,20)21/h3-9H,10-11H2,1-2H3,(H,22,23). The Morgan fingerprint density at radius 3 is 2.17 bits per heavy atom. The Labute approximate surface area is 143 Å². The van der Waals surface area contributed by atoms with Crippen LogP contribution in [0.2, 0.25) is 0 Å². The summed E-state index contributed by atoms with van der Waals surface area (Å²) in [6.45, 7) is 4.05. The second kappa shape index (κ2) is 7.75. The minimum absolute atomic E-state index is 0.232. The first-order valence-electron chi connectivity index (χ1n) is 7.36. The number of alkyl halides is 3. The Hall–Kier alpha value is -1.95. The van der Waals surface area contributed by atoms with E-state index in [4.69, 9.17) is 0 Å². The van der Waals surface area contributed by atoms with Gasteiger partial charge in [-0.25, -0.2) is 0 Å². The van der Waals surface area contributed by atoms with E-state index in [-0.39, 0.29) is 11.7 Å². The van der Waals surface area contributed by atoms with Crippen LogP contribution in [0.1, 0.15) is 22.3 Å². The third-order valence-corrected chi connectivity index (χ3v) is 4.28. The van der Waals surface area contributed by atoms with Crippen molar-refractivity contribution in [2.45, 2.75) is 25.8 Å². The van der Waals surface area contributed by atoms with Gasteiger partial charge in [0.2, 0.25) is 5.91 Å². The van der Waals surface area contributed by atoms with Crippen LogP contribution in [0, 0.1) is 13.8 Å². The molecule has 0 saturated heterocycles. The fraction of sp³-hybridized carbons (Fsp3) is 0.278. The summed E-state index contributed by atoms with van der Waals surface area (Å²) in [5, 5.41) is 2.60. The van der Waals surface area contributed by atoms with Gasteiger partial charge in [0.1, 0.15) is 0 Å². The van der Waals surface area contributed by atoms with Gasteiger partial charge < -0.3 is 5.32 Å². The number of hydrogen-bond acceptors (Lipinski definition) is 2. The van der Waals surface area contributed by atoms with Gasteiger partial charge in [0.05, 0.1) is 11.3 Å². The SMILES string of the molecule is Cc1cc(C)cc(CSCC(=O)Nc2ccc(C(F)(F)F)cc2)c1. The third-order valence-electron chi connectivity index (χ3n) is 3.28. The number of anilines is 1. The molecule has 1 N–H and O–H groups in total. The Morgan fingerprint density at radius 2 is 1.62 bits per heavy atom. The number of benzene rings is 2. The maximum atomic E-state index is 12.5. The molecule has 2 aromatic rings. The zero-order valence-electron chi connectivity index (χ0n) is 13.4. The van der Waals surface area contributed by atoms with E-state index >= 15 is 0 Å². The molecule has 2 nitrogen and oxygen atoms in total. The molecule has 0 radical (unpaired) electrons. The van der Waals surface area contributed by atoms with Gasteiger partial charge in [-0.2, -0.15) is 13.2 Å². The zero-order chi connectivity index (χ0) is 17.7. The summed E-state index contributed by atoms with van der Waals surface area (Å²) in [6.07, 6.45) is -4.37. The first-order chi connectivity index (χ1) is 11.2. The van der Waals surface area contributed by atoms with Crippen molar-refractivity contribution >= 4 is 23.4 Å². The maximum Gasteiger partial charge on any atom is 0.416 e. The number of nitrogens with one attached hydrogen (secondary N) is 1. The minimum Gasteiger partial charge on any atom is -0.325 e. The molecule has 1 amide bonds. The molecule has 2 rings (SSSR count). The van der Waals surface area contributed by atoms with Gasteiger partial charge in [0.25, 0.3) is 0 Å². The molecule has 24 heavy (non-hydrogen) atoms. The Bertz CT molecular complexity index is 691. The van der Waals surface area contributed by atoms with Gasteiger partial charge in [-0.05, 0) is 43.7 Å². The maximum absolute atomic E-state index is 12.5. The topological polar surface area (TPSA) is 29.1 Å². The number of aryl methyl sites for hydroxylation is 2. The molecule has 6 heteroatoms. The number of rotatable bonds is 5. The molecule has 0 aliphatic carbocycles. The van der Waals surface area contributed by atoms with Crippen molar-refractivity contribution in [2.24, 2.45) is 0 Å². The molecule has 0 heterocycles. The number of thioether (sulfide) groups is 1. The summed E-state index contributed by atoms with van der Waals surface area (Å²) in [7, 11) is 0. The molecule has 2 aromatic carbocycles. The van der Waals surface area contributed by atoms with E-state index in [2.05, 4.69) is 23.5 Å². The molecule has 128 valence electrons. The van der Waals surface area contributed by atoms with Crippen LogP contribution in [-0.2, 0) is 16.7 Å². The van der Waals surface area contributed by atoms with Gasteiger partial charge in [0.15, 0.2) is 0 Å². The molecule has 0 bridgehead atoms. The Kier molecular flexibility index (Phi) is 5.94. The molecular formula is C18H18F3NOS. The highest BCUT2D eigenvalue weighted by atomic mass is 32.2. The van der Waals surface area contributed by atoms with Gasteiger partial charge >= 0.3 is 6.18 Å². The van der Waals surface area contributed by atoms with Crippen molar-refractivity contribution in [3.8, 4) is 0 Å². The predicted molar refractivity (Wildman–Crippen MR) is 92.2 cm³/mol. The molecule has 0 aromatic heterocycles. The number of halogens is 3. The van der Waals surface area contributed by atoms with Crippen LogP contribution in [0.3, 0.4) is 0 Å². The van der Waals surface area contributed by atoms with Gasteiger partial charge in [-0.3, -0.25) is 4.79 Å². The zero-order valence-corrected chi connectivity index (χ0v) is 14.2. The van der Waals surface area contributed by atoms with E-state index in [0.29, 0.717) is 11.4 Å². The van der Waals surface area contributed by atoms with Gasteiger partial charge in [-0.15, -0.1) is 11.8 Å². The quantitative estimate of drug-likeness (QED) is 0.801. The van der Waals surface area contributed by atoms with E-state index in [0.717, 1.165) is 17.7 Å². The highest BCUT2D eigenvalue weighted by molar-refractivity contribution is 7.99. The van der Waals surface area contributed by atoms with Crippen LogP contribution < -0.4 is 5.32 Å². The summed E-state index contributed by atoms with van der Waals surface area (Å²) >= 11 is 1.47. The Morgan fingerprint density at radius 1 is 1.04 bits per heavy atom. The molecule has 0 unspecified atom stereocenters. The van der Waals surface area contributed by atoms with Crippen LogP contribution in [0.5, 0.6) is 0 Å². The molecule has 0 aliphatic rings. The van der Waals surface area contributed by atoms with Crippen molar-refractivity contribution in [2.75, 3.05) is 11.1 Å². The lowest BCUT2D eigenvalue weighted by molar-refractivity contribution is -0.137. The average Bonchev–Trinajstić information content (AvgIpc) is 2.45. The van der Waals surface area contributed by atoms with Crippen molar-refractivity contribution in [1.82, 2.24) is 0 Å². The predicted octanol–water partition coefficient (Wildman–Crippen LogP) is 5.19. The lowest BCUT2D eigenvalue weighted by Gasteiger charge is -2.09. The van der Waals surface area contributed by atoms with Crippen LogP contribution >= 0.6 is 11.8 Å². The van der Waals surface area contributed by atoms with E-state index in [1.165, 1.54) is 35.0 Å². The molecule has 0 saturated carbocycles. The molecule has 0 atom stereocenters. The van der Waals surface area contributed by atoms with Crippen LogP contribution in [0.4, 0.5) is 18.9 Å². The highest BCUT2D eigenvalue weighted by Crippen LogP contribution is 2.29. The lowest BCUT2D eigenvalue weighted by Crippen LogP contribution is -2.14. The summed E-state index contributed by atoms with van der Waals surface area (Å²) in [5.74, 6) is 0.723. The normalized spacial score (nSPS) is 11.4. The van der Waals surface area contributed by atoms with Crippen molar-refractivity contribution in [3.05, 3.63) is 64.7 Å². The van der Waals surface area contributed by atoms with E-state index in [9.17, 15) is 18.0 Å². The van der Waals surface area contributed by atoms with Crippen molar-refractivity contribution in [1.29, 1.82) is 0 Å². The largest absolute Gasteiger partial charge is 0.416 e. The van der Waals surface area contributed by atoms with Crippen molar-refractivity contribution in [3.63, 3.8) is 0 Å². The van der Waals surface area contributed by atoms with Gasteiger partial charge in [0, 0.05) is 11.4 Å². The van der Waals surface area contributed by atoms with E-state index in [1.807, 2.05) is 13.8 Å². The summed E-state index contributed by atoms with van der Waals surface area (Å²) in [5.41, 5.74) is 3.14. The van der Waals surface area contributed by atoms with E-state index in [1.54, 1.807) is 0 Å². The smallest absolute Gasteiger partial charge is 0.325 e. The molecule has 0 fully saturated rings. The fourth-order valence-electron chi connectivity index (χ4n) is 2.35. The molecule has 0 spiro atoms. The summed E-state index contributed by atoms with van der Waals surface area (Å²) in [6, 6.07) is 10.7. The molecular weight excluding hydrogens is 335 g/mol. The first kappa shape index (κ1) is 18.4. The Balaban J connectivity index is 1.83. The van der Waals surface area contributed by atoms with Gasteiger partial charge in [-0.1, -0.05) is 29.3 Å². The number of carbonyl (C=O) groups excluding carboxylic acids is 1. The summed E-state index contributed by atoms with van der Waals surface area (Å²) < 4.78 is 37.4. The monoisotopic (exact) mass is 353 g/mol. The van der Waals surface area contributed by atoms with Crippen LogP contribution in [0.25, 0.3) is 0 Å². The van der Waals surface area contributed by atoms with E-state index < -0.39 is 11.7 Å². The first-order valence-corrected chi connectivity index (χ1v) is 8.51. The van der Waals surface area contributed by atoms with Crippen molar-refractivity contribution < 1.29 is 18.0 Å². The van der Waals surface area contributed by atoms with Crippen LogP contribution in [-0.4, -0.2) is 11.7 Å². The fourth-order valence-corrected chi connectivity index (χ4v) is 3.12. The minimum atomic E-state index is -4.37. The second-order valence-corrected chi connectivity index (χ2v) is 6.60. The third kappa shape index (κ3) is 5.60. The van der Waals surface area contributed by atoms with Crippen LogP contribution in [0.15, 0.2) is 42.5 Å². The number of carbonyl (C=O) groups is 1. The lowest BCUT2D eigenvalue weighted by atomic mass is 10.1. The summed E-state index contributed by atoms with van der Waals surface area (Å²) in [4.78, 5) is 11.9. The molecule has 0 aliphatic heterocycles. The highest BCUT2D eigenvalue weighted by Gasteiger charge is 2.29. The average molecular weight is 353 g/mol. The second-order valence-electron chi connectivity index (χ2n) is 5.61. The number of amides is 1. The number of hydrogen-bond donors (Lipinski definition) is 1.